The van der Waals surface area contributed by atoms with Gasteiger partial charge in [0.1, 0.15) is 17.5 Å². The lowest BCUT2D eigenvalue weighted by Crippen LogP contribution is -2.49. The fraction of sp³-hybridized carbons (Fsp3) is 0.280. The van der Waals surface area contributed by atoms with E-state index in [4.69, 9.17) is 4.98 Å². The van der Waals surface area contributed by atoms with E-state index in [0.717, 1.165) is 53.0 Å². The van der Waals surface area contributed by atoms with Gasteiger partial charge in [0.05, 0.1) is 11.0 Å². The third-order valence-corrected chi connectivity index (χ3v) is 5.93. The molecule has 1 amide bonds. The maximum absolute atomic E-state index is 13.2. The highest BCUT2D eigenvalue weighted by Gasteiger charge is 2.24. The minimum absolute atomic E-state index is 0.0495. The SMILES string of the molecule is Cc1cc(N2CCN(C(=O)c3ccc4c(c3)nc(C)n4-c3ccccc3)CC2)nc(C)n1. The van der Waals surface area contributed by atoms with Crippen LogP contribution >= 0.6 is 0 Å². The van der Waals surface area contributed by atoms with E-state index in [9.17, 15) is 4.79 Å². The molecular weight excluding hydrogens is 400 g/mol. The second-order valence-corrected chi connectivity index (χ2v) is 8.23. The number of piperazine rings is 1. The zero-order valence-corrected chi connectivity index (χ0v) is 18.6. The van der Waals surface area contributed by atoms with Crippen molar-refractivity contribution in [2.75, 3.05) is 31.1 Å². The van der Waals surface area contributed by atoms with E-state index in [1.165, 1.54) is 0 Å². The molecule has 0 atom stereocenters. The van der Waals surface area contributed by atoms with Crippen molar-refractivity contribution in [3.63, 3.8) is 0 Å². The van der Waals surface area contributed by atoms with E-state index < -0.39 is 0 Å². The van der Waals surface area contributed by atoms with Gasteiger partial charge < -0.3 is 9.80 Å². The number of imidazole rings is 1. The van der Waals surface area contributed by atoms with Crippen LogP contribution in [0.5, 0.6) is 0 Å². The standard InChI is InChI=1S/C25H26N6O/c1-17-15-24(27-18(2)26-17)29-11-13-30(14-12-29)25(32)20-9-10-23-22(16-20)28-19(3)31(23)21-7-5-4-6-8-21/h4-10,15-16H,11-14H2,1-3H3. The number of fused-ring (bicyclic) bond motifs is 1. The van der Waals surface area contributed by atoms with Crippen LogP contribution in [-0.2, 0) is 0 Å². The van der Waals surface area contributed by atoms with Crippen LogP contribution in [0, 0.1) is 20.8 Å². The first kappa shape index (κ1) is 20.2. The predicted octanol–water partition coefficient (Wildman–Crippen LogP) is 3.70. The quantitative estimate of drug-likeness (QED) is 0.500. The van der Waals surface area contributed by atoms with Crippen molar-refractivity contribution in [1.82, 2.24) is 24.4 Å². The minimum Gasteiger partial charge on any atom is -0.353 e. The maximum Gasteiger partial charge on any atom is 0.254 e. The van der Waals surface area contributed by atoms with Crippen molar-refractivity contribution in [1.29, 1.82) is 0 Å². The average molecular weight is 427 g/mol. The van der Waals surface area contributed by atoms with Gasteiger partial charge in [-0.25, -0.2) is 15.0 Å². The van der Waals surface area contributed by atoms with Crippen LogP contribution in [-0.4, -0.2) is 56.5 Å². The number of hydrogen-bond acceptors (Lipinski definition) is 5. The van der Waals surface area contributed by atoms with E-state index in [-0.39, 0.29) is 5.91 Å². The van der Waals surface area contributed by atoms with Gasteiger partial charge in [-0.15, -0.1) is 0 Å². The number of carbonyl (C=O) groups is 1. The predicted molar refractivity (Wildman–Crippen MR) is 125 cm³/mol. The third kappa shape index (κ3) is 3.70. The average Bonchev–Trinajstić information content (AvgIpc) is 3.13. The van der Waals surface area contributed by atoms with Crippen molar-refractivity contribution in [2.24, 2.45) is 0 Å². The Bertz CT molecular complexity index is 1270. The van der Waals surface area contributed by atoms with Crippen LogP contribution < -0.4 is 4.90 Å². The first-order valence-electron chi connectivity index (χ1n) is 10.9. The molecule has 0 N–H and O–H groups in total. The van der Waals surface area contributed by atoms with Gasteiger partial charge in [0.15, 0.2) is 0 Å². The van der Waals surface area contributed by atoms with E-state index in [0.29, 0.717) is 18.7 Å². The van der Waals surface area contributed by atoms with Crippen LogP contribution in [0.25, 0.3) is 16.7 Å². The molecule has 32 heavy (non-hydrogen) atoms. The lowest BCUT2D eigenvalue weighted by Gasteiger charge is -2.35. The molecule has 7 heteroatoms. The first-order valence-corrected chi connectivity index (χ1v) is 10.9. The van der Waals surface area contributed by atoms with Gasteiger partial charge in [-0.05, 0) is 51.1 Å². The molecule has 162 valence electrons. The minimum atomic E-state index is 0.0495. The Kier molecular flexibility index (Phi) is 5.09. The molecule has 0 saturated carbocycles. The number of hydrogen-bond donors (Lipinski definition) is 0. The Hall–Kier alpha value is -3.74. The van der Waals surface area contributed by atoms with Gasteiger partial charge in [0, 0.05) is 49.2 Å². The van der Waals surface area contributed by atoms with Crippen molar-refractivity contribution >= 4 is 22.8 Å². The summed E-state index contributed by atoms with van der Waals surface area (Å²) in [5.74, 6) is 2.66. The Morgan fingerprint density at radius 2 is 1.59 bits per heavy atom. The van der Waals surface area contributed by atoms with E-state index in [2.05, 4.69) is 31.6 Å². The number of aryl methyl sites for hydroxylation is 3. The van der Waals surface area contributed by atoms with Gasteiger partial charge in [0.2, 0.25) is 0 Å². The highest BCUT2D eigenvalue weighted by atomic mass is 16.2. The van der Waals surface area contributed by atoms with Crippen molar-refractivity contribution in [2.45, 2.75) is 20.8 Å². The molecule has 0 radical (unpaired) electrons. The molecule has 7 nitrogen and oxygen atoms in total. The Morgan fingerprint density at radius 1 is 0.844 bits per heavy atom. The summed E-state index contributed by atoms with van der Waals surface area (Å²) in [7, 11) is 0. The van der Waals surface area contributed by atoms with Gasteiger partial charge >= 0.3 is 0 Å². The number of rotatable bonds is 3. The number of nitrogens with zero attached hydrogens (tertiary/aromatic N) is 6. The van der Waals surface area contributed by atoms with Gasteiger partial charge in [-0.3, -0.25) is 9.36 Å². The van der Waals surface area contributed by atoms with Crippen LogP contribution in [0.15, 0.2) is 54.6 Å². The zero-order chi connectivity index (χ0) is 22.2. The first-order chi connectivity index (χ1) is 15.5. The molecule has 0 spiro atoms. The summed E-state index contributed by atoms with van der Waals surface area (Å²) in [5, 5.41) is 0. The maximum atomic E-state index is 13.2. The molecule has 1 fully saturated rings. The lowest BCUT2D eigenvalue weighted by molar-refractivity contribution is 0.0746. The van der Waals surface area contributed by atoms with Crippen molar-refractivity contribution in [3.8, 4) is 5.69 Å². The monoisotopic (exact) mass is 426 g/mol. The molecular formula is C25H26N6O. The Morgan fingerprint density at radius 3 is 2.31 bits per heavy atom. The smallest absolute Gasteiger partial charge is 0.254 e. The summed E-state index contributed by atoms with van der Waals surface area (Å²) in [6, 6.07) is 18.0. The molecule has 0 aliphatic carbocycles. The molecule has 1 aliphatic heterocycles. The lowest BCUT2D eigenvalue weighted by atomic mass is 10.1. The second-order valence-electron chi connectivity index (χ2n) is 8.23. The third-order valence-electron chi connectivity index (χ3n) is 5.93. The normalized spacial score (nSPS) is 14.2. The summed E-state index contributed by atoms with van der Waals surface area (Å²) >= 11 is 0. The highest BCUT2D eigenvalue weighted by molar-refractivity contribution is 5.97. The summed E-state index contributed by atoms with van der Waals surface area (Å²) < 4.78 is 2.12. The van der Waals surface area contributed by atoms with Crippen molar-refractivity contribution in [3.05, 3.63) is 77.5 Å². The molecule has 2 aromatic carbocycles. The number of carbonyl (C=O) groups excluding carboxylic acids is 1. The summed E-state index contributed by atoms with van der Waals surface area (Å²) in [5.41, 5.74) is 4.55. The number of anilines is 1. The Labute approximate surface area is 187 Å². The summed E-state index contributed by atoms with van der Waals surface area (Å²) in [4.78, 5) is 31.0. The number of amides is 1. The topological polar surface area (TPSA) is 67.2 Å². The zero-order valence-electron chi connectivity index (χ0n) is 18.6. The fourth-order valence-electron chi connectivity index (χ4n) is 4.42. The van der Waals surface area contributed by atoms with E-state index >= 15 is 0 Å². The molecule has 2 aromatic heterocycles. The Balaban J connectivity index is 1.34. The molecule has 3 heterocycles. The van der Waals surface area contributed by atoms with Gasteiger partial charge in [0.25, 0.3) is 5.91 Å². The number of aromatic nitrogens is 4. The van der Waals surface area contributed by atoms with Crippen molar-refractivity contribution < 1.29 is 4.79 Å². The molecule has 0 unspecified atom stereocenters. The molecule has 0 bridgehead atoms. The highest BCUT2D eigenvalue weighted by Crippen LogP contribution is 2.23. The summed E-state index contributed by atoms with van der Waals surface area (Å²) in [6.07, 6.45) is 0. The van der Waals surface area contributed by atoms with Crippen LogP contribution in [0.3, 0.4) is 0 Å². The number of para-hydroxylation sites is 1. The molecule has 1 saturated heterocycles. The van der Waals surface area contributed by atoms with Gasteiger partial charge in [-0.1, -0.05) is 18.2 Å². The van der Waals surface area contributed by atoms with Crippen LogP contribution in [0.4, 0.5) is 5.82 Å². The van der Waals surface area contributed by atoms with Gasteiger partial charge in [-0.2, -0.15) is 0 Å². The molecule has 4 aromatic rings. The van der Waals surface area contributed by atoms with E-state index in [1.54, 1.807) is 0 Å². The molecule has 5 rings (SSSR count). The largest absolute Gasteiger partial charge is 0.353 e. The second kappa shape index (κ2) is 8.07. The van der Waals surface area contributed by atoms with Crippen LogP contribution in [0.2, 0.25) is 0 Å². The fourth-order valence-corrected chi connectivity index (χ4v) is 4.42. The van der Waals surface area contributed by atoms with E-state index in [1.807, 2.05) is 68.1 Å². The van der Waals surface area contributed by atoms with Crippen LogP contribution in [0.1, 0.15) is 27.7 Å². The summed E-state index contributed by atoms with van der Waals surface area (Å²) in [6.45, 7) is 8.72. The number of benzene rings is 2. The molecule has 1 aliphatic rings.